The van der Waals surface area contributed by atoms with Gasteiger partial charge in [-0.3, -0.25) is 4.79 Å². The summed E-state index contributed by atoms with van der Waals surface area (Å²) in [5.74, 6) is -0.116. The first-order valence-corrected chi connectivity index (χ1v) is 4.48. The van der Waals surface area contributed by atoms with Crippen LogP contribution in [0.3, 0.4) is 0 Å². The third-order valence-electron chi connectivity index (χ3n) is 1.97. The predicted octanol–water partition coefficient (Wildman–Crippen LogP) is -0.937. The average Bonchev–Trinajstić information content (AvgIpc) is 2.64. The largest absolute Gasteiger partial charge is 0.353 e. The molecule has 1 fully saturated rings. The lowest BCUT2D eigenvalue weighted by Gasteiger charge is -2.09. The van der Waals surface area contributed by atoms with Gasteiger partial charge in [0.05, 0.1) is 6.04 Å². The van der Waals surface area contributed by atoms with Crippen molar-refractivity contribution >= 4 is 5.91 Å². The van der Waals surface area contributed by atoms with Crippen LogP contribution < -0.4 is 10.6 Å². The topological polar surface area (TPSA) is 93.5 Å². The first-order chi connectivity index (χ1) is 6.70. The Morgan fingerprint density at radius 1 is 1.71 bits per heavy atom. The van der Waals surface area contributed by atoms with Gasteiger partial charge in [-0.1, -0.05) is 0 Å². The van der Waals surface area contributed by atoms with Gasteiger partial charge in [-0.25, -0.2) is 0 Å². The smallest absolute Gasteiger partial charge is 0.294 e. The summed E-state index contributed by atoms with van der Waals surface area (Å²) in [6.45, 7) is 0.910. The summed E-state index contributed by atoms with van der Waals surface area (Å²) >= 11 is 0. The van der Waals surface area contributed by atoms with Crippen molar-refractivity contribution in [2.75, 3.05) is 19.7 Å². The Morgan fingerprint density at radius 2 is 2.50 bits per heavy atom. The van der Waals surface area contributed by atoms with E-state index in [0.717, 1.165) is 19.4 Å². The molecular formula is C7H13N3O4. The maximum atomic E-state index is 11.3. The van der Waals surface area contributed by atoms with Crippen molar-refractivity contribution < 1.29 is 14.7 Å². The molecule has 1 rings (SSSR count). The van der Waals surface area contributed by atoms with Crippen LogP contribution >= 0.6 is 0 Å². The van der Waals surface area contributed by atoms with Gasteiger partial charge in [0.2, 0.25) is 5.91 Å². The van der Waals surface area contributed by atoms with Gasteiger partial charge in [0.25, 0.3) is 5.09 Å². The number of hydrogen-bond acceptors (Lipinski definition) is 5. The highest BCUT2D eigenvalue weighted by Crippen LogP contribution is 2.03. The Balaban J connectivity index is 2.05. The van der Waals surface area contributed by atoms with Crippen molar-refractivity contribution in [1.82, 2.24) is 10.6 Å². The Morgan fingerprint density at radius 3 is 3.07 bits per heavy atom. The molecule has 7 nitrogen and oxygen atoms in total. The normalized spacial score (nSPS) is 20.4. The molecule has 2 N–H and O–H groups in total. The Labute approximate surface area is 80.9 Å². The van der Waals surface area contributed by atoms with E-state index in [2.05, 4.69) is 15.5 Å². The van der Waals surface area contributed by atoms with Crippen LogP contribution in [0.5, 0.6) is 0 Å². The fraction of sp³-hybridized carbons (Fsp3) is 0.857. The van der Waals surface area contributed by atoms with E-state index in [1.807, 2.05) is 0 Å². The van der Waals surface area contributed by atoms with Gasteiger partial charge in [-0.05, 0) is 19.4 Å². The standard InChI is InChI=1S/C7H13N3O4/c11-7(6-2-1-3-8-6)9-4-5-14-10(12)13/h6,8H,1-5H2,(H,9,11). The van der Waals surface area contributed by atoms with Crippen LogP contribution in [-0.4, -0.2) is 36.7 Å². The molecule has 1 atom stereocenters. The van der Waals surface area contributed by atoms with E-state index in [1.165, 1.54) is 0 Å². The maximum Gasteiger partial charge on any atom is 0.294 e. The minimum absolute atomic E-state index is 0.106. The summed E-state index contributed by atoms with van der Waals surface area (Å²) in [6.07, 6.45) is 1.81. The Kier molecular flexibility index (Phi) is 4.11. The van der Waals surface area contributed by atoms with Gasteiger partial charge >= 0.3 is 0 Å². The quantitative estimate of drug-likeness (QED) is 0.342. The molecule has 14 heavy (non-hydrogen) atoms. The van der Waals surface area contributed by atoms with Crippen molar-refractivity contribution in [3.05, 3.63) is 10.1 Å². The minimum atomic E-state index is -0.875. The molecule has 0 aromatic carbocycles. The molecule has 1 saturated heterocycles. The van der Waals surface area contributed by atoms with Crippen LogP contribution in [0.25, 0.3) is 0 Å². The summed E-state index contributed by atoms with van der Waals surface area (Å²) < 4.78 is 0. The molecular weight excluding hydrogens is 190 g/mol. The van der Waals surface area contributed by atoms with Gasteiger partial charge in [0.15, 0.2) is 0 Å². The number of hydrogen-bond donors (Lipinski definition) is 2. The molecule has 0 aliphatic carbocycles. The lowest BCUT2D eigenvalue weighted by molar-refractivity contribution is -0.757. The zero-order valence-electron chi connectivity index (χ0n) is 7.69. The second kappa shape index (κ2) is 5.38. The molecule has 0 aromatic rings. The zero-order chi connectivity index (χ0) is 10.4. The van der Waals surface area contributed by atoms with Gasteiger partial charge in [0.1, 0.15) is 6.61 Å². The average molecular weight is 203 g/mol. The first-order valence-electron chi connectivity index (χ1n) is 4.48. The number of nitrogens with zero attached hydrogens (tertiary/aromatic N) is 1. The monoisotopic (exact) mass is 203 g/mol. The van der Waals surface area contributed by atoms with E-state index in [1.54, 1.807) is 0 Å². The number of nitrogens with one attached hydrogen (secondary N) is 2. The number of amides is 1. The highest BCUT2D eigenvalue weighted by molar-refractivity contribution is 5.81. The molecule has 0 bridgehead atoms. The SMILES string of the molecule is O=C(NCCO[N+](=O)[O-])C1CCCN1. The number of rotatable bonds is 5. The highest BCUT2D eigenvalue weighted by Gasteiger charge is 2.21. The molecule has 7 heteroatoms. The third-order valence-corrected chi connectivity index (χ3v) is 1.97. The van der Waals surface area contributed by atoms with Crippen molar-refractivity contribution in [1.29, 1.82) is 0 Å². The van der Waals surface area contributed by atoms with E-state index < -0.39 is 5.09 Å². The van der Waals surface area contributed by atoms with Crippen molar-refractivity contribution in [2.24, 2.45) is 0 Å². The zero-order valence-corrected chi connectivity index (χ0v) is 7.69. The summed E-state index contributed by atoms with van der Waals surface area (Å²) in [4.78, 5) is 25.1. The molecule has 0 saturated carbocycles. The minimum Gasteiger partial charge on any atom is -0.353 e. The first kappa shape index (κ1) is 10.7. The van der Waals surface area contributed by atoms with Crippen LogP contribution in [0.2, 0.25) is 0 Å². The summed E-state index contributed by atoms with van der Waals surface area (Å²) in [5, 5.41) is 14.5. The lowest BCUT2D eigenvalue weighted by Crippen LogP contribution is -2.41. The van der Waals surface area contributed by atoms with Gasteiger partial charge in [0, 0.05) is 6.54 Å². The molecule has 0 radical (unpaired) electrons. The fourth-order valence-corrected chi connectivity index (χ4v) is 1.33. The Hall–Kier alpha value is -1.37. The molecule has 1 aliphatic heterocycles. The third kappa shape index (κ3) is 3.56. The Bertz CT molecular complexity index is 215. The van der Waals surface area contributed by atoms with Crippen LogP contribution in [0.15, 0.2) is 0 Å². The summed E-state index contributed by atoms with van der Waals surface area (Å²) in [6, 6.07) is -0.148. The second-order valence-corrected chi connectivity index (χ2v) is 3.00. The molecule has 1 aliphatic rings. The molecule has 80 valence electrons. The second-order valence-electron chi connectivity index (χ2n) is 3.00. The van der Waals surface area contributed by atoms with Gasteiger partial charge in [-0.2, -0.15) is 0 Å². The van der Waals surface area contributed by atoms with Crippen molar-refractivity contribution in [3.63, 3.8) is 0 Å². The van der Waals surface area contributed by atoms with E-state index >= 15 is 0 Å². The number of carbonyl (C=O) groups is 1. The van der Waals surface area contributed by atoms with E-state index in [-0.39, 0.29) is 25.1 Å². The molecule has 1 unspecified atom stereocenters. The van der Waals surface area contributed by atoms with Crippen molar-refractivity contribution in [3.8, 4) is 0 Å². The van der Waals surface area contributed by atoms with Gasteiger partial charge in [-0.15, -0.1) is 10.1 Å². The van der Waals surface area contributed by atoms with E-state index in [9.17, 15) is 14.9 Å². The van der Waals surface area contributed by atoms with Crippen LogP contribution in [0.4, 0.5) is 0 Å². The van der Waals surface area contributed by atoms with Crippen LogP contribution in [0.1, 0.15) is 12.8 Å². The maximum absolute atomic E-state index is 11.3. The summed E-state index contributed by atoms with van der Waals surface area (Å²) in [7, 11) is 0. The van der Waals surface area contributed by atoms with E-state index in [4.69, 9.17) is 0 Å². The highest BCUT2D eigenvalue weighted by atomic mass is 16.9. The molecule has 1 amide bonds. The molecule has 0 spiro atoms. The van der Waals surface area contributed by atoms with Crippen molar-refractivity contribution in [2.45, 2.75) is 18.9 Å². The lowest BCUT2D eigenvalue weighted by atomic mass is 10.2. The molecule has 0 aromatic heterocycles. The fourth-order valence-electron chi connectivity index (χ4n) is 1.33. The van der Waals surface area contributed by atoms with Crippen LogP contribution in [0, 0.1) is 10.1 Å². The summed E-state index contributed by atoms with van der Waals surface area (Å²) in [5.41, 5.74) is 0. The molecule has 1 heterocycles. The van der Waals surface area contributed by atoms with E-state index in [0.29, 0.717) is 0 Å². The predicted molar refractivity (Wildman–Crippen MR) is 47.0 cm³/mol. The number of carbonyl (C=O) groups excluding carboxylic acids is 1. The van der Waals surface area contributed by atoms with Gasteiger partial charge < -0.3 is 15.5 Å². The van der Waals surface area contributed by atoms with Crippen LogP contribution in [-0.2, 0) is 9.63 Å².